The monoisotopic (exact) mass is 437 g/mol. The van der Waals surface area contributed by atoms with Crippen LogP contribution in [0.2, 0.25) is 0 Å². The van der Waals surface area contributed by atoms with Crippen molar-refractivity contribution < 1.29 is 23.8 Å². The Balaban J connectivity index is 1.77. The fourth-order valence-electron chi connectivity index (χ4n) is 4.66. The molecule has 2 fully saturated rings. The lowest BCUT2D eigenvalue weighted by Gasteiger charge is -2.29. The molecule has 6 nitrogen and oxygen atoms in total. The molecule has 1 saturated heterocycles. The van der Waals surface area contributed by atoms with Crippen LogP contribution in [0.25, 0.3) is 5.76 Å². The summed E-state index contributed by atoms with van der Waals surface area (Å²) in [4.78, 5) is 27.8. The summed E-state index contributed by atoms with van der Waals surface area (Å²) >= 11 is 0. The molecule has 2 aromatic rings. The van der Waals surface area contributed by atoms with Crippen molar-refractivity contribution in [3.63, 3.8) is 0 Å². The van der Waals surface area contributed by atoms with E-state index < -0.39 is 17.7 Å². The molecule has 2 heterocycles. The minimum atomic E-state index is -0.719. The first-order valence-electron chi connectivity index (χ1n) is 11.4. The summed E-state index contributed by atoms with van der Waals surface area (Å²) in [5, 5.41) is 11.2. The van der Waals surface area contributed by atoms with Crippen molar-refractivity contribution in [1.29, 1.82) is 0 Å². The van der Waals surface area contributed by atoms with Crippen LogP contribution in [0.5, 0.6) is 5.75 Å². The Morgan fingerprint density at radius 2 is 1.88 bits per heavy atom. The number of likely N-dealkylation sites (tertiary alicyclic amines) is 1. The molecule has 1 unspecified atom stereocenters. The fraction of sp³-hybridized carbons (Fsp3) is 0.462. The number of amides is 1. The van der Waals surface area contributed by atoms with Crippen LogP contribution in [0.3, 0.4) is 0 Å². The van der Waals surface area contributed by atoms with Crippen molar-refractivity contribution >= 4 is 17.4 Å². The van der Waals surface area contributed by atoms with Crippen molar-refractivity contribution in [3.05, 3.63) is 58.6 Å². The largest absolute Gasteiger partial charge is 0.507 e. The Morgan fingerprint density at radius 3 is 2.47 bits per heavy atom. The number of ketones is 1. The highest BCUT2D eigenvalue weighted by Crippen LogP contribution is 2.44. The van der Waals surface area contributed by atoms with Gasteiger partial charge in [-0.1, -0.05) is 26.7 Å². The topological polar surface area (TPSA) is 80.0 Å². The summed E-state index contributed by atoms with van der Waals surface area (Å²) in [6.45, 7) is 8.47. The molecular weight excluding hydrogens is 406 g/mol. The Hall–Kier alpha value is -3.02. The van der Waals surface area contributed by atoms with Gasteiger partial charge in [0.1, 0.15) is 29.1 Å². The molecule has 1 amide bonds. The van der Waals surface area contributed by atoms with Gasteiger partial charge >= 0.3 is 0 Å². The summed E-state index contributed by atoms with van der Waals surface area (Å²) < 4.78 is 11.7. The fourth-order valence-corrected chi connectivity index (χ4v) is 4.66. The molecule has 1 atom stereocenters. The smallest absolute Gasteiger partial charge is 0.296 e. The number of aliphatic hydroxyl groups excluding tert-OH is 1. The van der Waals surface area contributed by atoms with Crippen LogP contribution in [0, 0.1) is 19.8 Å². The number of nitrogens with zero attached hydrogens (tertiary/aromatic N) is 1. The van der Waals surface area contributed by atoms with E-state index in [4.69, 9.17) is 9.15 Å². The van der Waals surface area contributed by atoms with Gasteiger partial charge in [-0.2, -0.15) is 0 Å². The van der Waals surface area contributed by atoms with Gasteiger partial charge < -0.3 is 19.2 Å². The first kappa shape index (κ1) is 22.2. The van der Waals surface area contributed by atoms with Crippen molar-refractivity contribution in [2.24, 2.45) is 5.92 Å². The zero-order valence-electron chi connectivity index (χ0n) is 19.2. The number of benzene rings is 1. The van der Waals surface area contributed by atoms with Crippen LogP contribution >= 0.6 is 0 Å². The molecule has 170 valence electrons. The van der Waals surface area contributed by atoms with Gasteiger partial charge in [0.05, 0.1) is 12.2 Å². The zero-order chi connectivity index (χ0) is 23.0. The number of Topliss-reactive ketones (excluding diaryl/α,β-unsaturated/α-hetero) is 1. The first-order valence-corrected chi connectivity index (χ1v) is 11.4. The van der Waals surface area contributed by atoms with Crippen LogP contribution in [0.4, 0.5) is 0 Å². The number of rotatable bonds is 6. The number of hydrogen-bond acceptors (Lipinski definition) is 5. The van der Waals surface area contributed by atoms with Gasteiger partial charge in [-0.05, 0) is 68.5 Å². The SMILES string of the molecule is Cc1ccc(C2/C(=C(/O)c3ccc(OCC(C)C)c(C)c3)C(=O)C(=O)N2C2CCCC2)o1. The van der Waals surface area contributed by atoms with Crippen LogP contribution in [0.1, 0.15) is 68.2 Å². The Labute approximate surface area is 188 Å². The molecule has 0 bridgehead atoms. The molecule has 1 aliphatic carbocycles. The lowest BCUT2D eigenvalue weighted by molar-refractivity contribution is -0.141. The van der Waals surface area contributed by atoms with Crippen molar-refractivity contribution in [3.8, 4) is 5.75 Å². The molecule has 0 radical (unpaired) electrons. The van der Waals surface area contributed by atoms with E-state index in [0.29, 0.717) is 29.6 Å². The molecule has 1 saturated carbocycles. The number of aliphatic hydroxyl groups is 1. The molecule has 1 aromatic carbocycles. The maximum atomic E-state index is 13.1. The highest BCUT2D eigenvalue weighted by Gasteiger charge is 2.50. The van der Waals surface area contributed by atoms with Crippen LogP contribution in [-0.4, -0.2) is 34.3 Å². The third-order valence-electron chi connectivity index (χ3n) is 6.25. The molecule has 4 rings (SSSR count). The maximum absolute atomic E-state index is 13.1. The van der Waals surface area contributed by atoms with Gasteiger partial charge in [-0.3, -0.25) is 9.59 Å². The lowest BCUT2D eigenvalue weighted by Crippen LogP contribution is -2.37. The predicted octanol–water partition coefficient (Wildman–Crippen LogP) is 5.30. The summed E-state index contributed by atoms with van der Waals surface area (Å²) in [5.74, 6) is 0.924. The Morgan fingerprint density at radius 1 is 1.16 bits per heavy atom. The number of aryl methyl sites for hydroxylation is 2. The van der Waals surface area contributed by atoms with E-state index in [2.05, 4.69) is 13.8 Å². The van der Waals surface area contributed by atoms with E-state index in [1.54, 1.807) is 29.2 Å². The predicted molar refractivity (Wildman–Crippen MR) is 121 cm³/mol. The van der Waals surface area contributed by atoms with Crippen molar-refractivity contribution in [2.75, 3.05) is 6.61 Å². The van der Waals surface area contributed by atoms with Gasteiger partial charge in [0.15, 0.2) is 0 Å². The van der Waals surface area contributed by atoms with E-state index >= 15 is 0 Å². The van der Waals surface area contributed by atoms with Gasteiger partial charge in [-0.25, -0.2) is 0 Å². The highest BCUT2D eigenvalue weighted by atomic mass is 16.5. The summed E-state index contributed by atoms with van der Waals surface area (Å²) in [7, 11) is 0. The van der Waals surface area contributed by atoms with Gasteiger partial charge in [0.25, 0.3) is 11.7 Å². The zero-order valence-corrected chi connectivity index (χ0v) is 19.2. The molecule has 6 heteroatoms. The Kier molecular flexibility index (Phi) is 6.13. The Bertz CT molecular complexity index is 1060. The maximum Gasteiger partial charge on any atom is 0.296 e. The molecule has 1 aromatic heterocycles. The van der Waals surface area contributed by atoms with Crippen molar-refractivity contribution in [1.82, 2.24) is 4.90 Å². The third kappa shape index (κ3) is 4.06. The first-order chi connectivity index (χ1) is 15.3. The minimum absolute atomic E-state index is 0.0271. The average Bonchev–Trinajstić information content (AvgIpc) is 3.47. The third-order valence-corrected chi connectivity index (χ3v) is 6.25. The molecule has 1 N–H and O–H groups in total. The molecule has 1 aliphatic heterocycles. The molecule has 0 spiro atoms. The quantitative estimate of drug-likeness (QED) is 0.377. The average molecular weight is 438 g/mol. The van der Waals surface area contributed by atoms with Crippen LogP contribution < -0.4 is 4.74 Å². The molecular formula is C26H31NO5. The number of carbonyl (C=O) groups is 2. The summed E-state index contributed by atoms with van der Waals surface area (Å²) in [6, 6.07) is 8.17. The highest BCUT2D eigenvalue weighted by molar-refractivity contribution is 6.46. The number of furan rings is 1. The number of hydrogen-bond donors (Lipinski definition) is 1. The van der Waals surface area contributed by atoms with Crippen LogP contribution in [-0.2, 0) is 9.59 Å². The molecule has 2 aliphatic rings. The number of carbonyl (C=O) groups excluding carboxylic acids is 2. The second-order valence-electron chi connectivity index (χ2n) is 9.28. The van der Waals surface area contributed by atoms with Gasteiger partial charge in [0.2, 0.25) is 0 Å². The van der Waals surface area contributed by atoms with Crippen LogP contribution in [0.15, 0.2) is 40.3 Å². The summed E-state index contributed by atoms with van der Waals surface area (Å²) in [5.41, 5.74) is 1.42. The van der Waals surface area contributed by atoms with E-state index in [9.17, 15) is 14.7 Å². The second-order valence-corrected chi connectivity index (χ2v) is 9.28. The van der Waals surface area contributed by atoms with E-state index in [1.165, 1.54) is 0 Å². The van der Waals surface area contributed by atoms with Gasteiger partial charge in [0, 0.05) is 11.6 Å². The van der Waals surface area contributed by atoms with E-state index in [1.807, 2.05) is 19.9 Å². The van der Waals surface area contributed by atoms with Crippen molar-refractivity contribution in [2.45, 2.75) is 65.5 Å². The van der Waals surface area contributed by atoms with E-state index in [-0.39, 0.29) is 17.4 Å². The van der Waals surface area contributed by atoms with Gasteiger partial charge in [-0.15, -0.1) is 0 Å². The minimum Gasteiger partial charge on any atom is -0.507 e. The molecule has 32 heavy (non-hydrogen) atoms. The lowest BCUT2D eigenvalue weighted by atomic mass is 9.98. The number of ether oxygens (including phenoxy) is 1. The normalized spacial score (nSPS) is 21.2. The summed E-state index contributed by atoms with van der Waals surface area (Å²) in [6.07, 6.45) is 3.75. The second kappa shape index (κ2) is 8.85. The van der Waals surface area contributed by atoms with E-state index in [0.717, 1.165) is 37.0 Å². The standard InChI is InChI=1S/C26H31NO5/c1-15(2)14-31-20-12-10-18(13-16(20)3)24(28)22-23(21-11-9-17(4)32-21)27(26(30)25(22)29)19-7-5-6-8-19/h9-13,15,19,23,28H,5-8,14H2,1-4H3/b24-22-.